The maximum absolute atomic E-state index is 9.00. The molecule has 4 aromatic heterocycles. The van der Waals surface area contributed by atoms with E-state index in [1.54, 1.807) is 12.3 Å². The van der Waals surface area contributed by atoms with Crippen LogP contribution in [0.1, 0.15) is 38.4 Å². The minimum absolute atomic E-state index is 0.0646. The van der Waals surface area contributed by atoms with Gasteiger partial charge in [-0.3, -0.25) is 0 Å². The van der Waals surface area contributed by atoms with Gasteiger partial charge in [-0.15, -0.1) is 10.2 Å². The topological polar surface area (TPSA) is 117 Å². The van der Waals surface area contributed by atoms with Gasteiger partial charge in [0.1, 0.15) is 11.9 Å². The van der Waals surface area contributed by atoms with E-state index in [0.29, 0.717) is 18.2 Å². The van der Waals surface area contributed by atoms with Crippen molar-refractivity contribution in [3.05, 3.63) is 54.0 Å². The summed E-state index contributed by atoms with van der Waals surface area (Å²) < 4.78 is 7.34. The average molecular weight is 484 g/mol. The molecule has 10 heteroatoms. The van der Waals surface area contributed by atoms with Gasteiger partial charge in [0, 0.05) is 60.2 Å². The zero-order valence-corrected chi connectivity index (χ0v) is 20.9. The van der Waals surface area contributed by atoms with E-state index in [1.807, 2.05) is 54.9 Å². The molecule has 10 nitrogen and oxygen atoms in total. The third-order valence-corrected chi connectivity index (χ3v) is 6.62. The first-order valence-corrected chi connectivity index (χ1v) is 12.1. The van der Waals surface area contributed by atoms with Crippen molar-refractivity contribution in [2.75, 3.05) is 29.9 Å². The molecule has 0 spiro atoms. The summed E-state index contributed by atoms with van der Waals surface area (Å²) in [5, 5.41) is 25.9. The lowest BCUT2D eigenvalue weighted by Crippen LogP contribution is -2.52. The summed E-state index contributed by atoms with van der Waals surface area (Å²) >= 11 is 0. The highest BCUT2D eigenvalue weighted by molar-refractivity contribution is 5.66. The molecule has 1 aliphatic rings. The van der Waals surface area contributed by atoms with Gasteiger partial charge in [0.2, 0.25) is 5.88 Å². The number of ether oxygens (including phenoxy) is 1. The Balaban J connectivity index is 1.38. The minimum Gasteiger partial charge on any atom is -0.478 e. The smallest absolute Gasteiger partial charge is 0.213 e. The second-order valence-corrected chi connectivity index (χ2v) is 9.69. The Morgan fingerprint density at radius 3 is 2.69 bits per heavy atom. The Morgan fingerprint density at radius 2 is 2.03 bits per heavy atom. The van der Waals surface area contributed by atoms with E-state index < -0.39 is 0 Å². The molecule has 1 unspecified atom stereocenters. The van der Waals surface area contributed by atoms with E-state index in [9.17, 15) is 0 Å². The third kappa shape index (κ3) is 4.52. The standard InChI is InChI=1S/C26H29N9O/c1-5-36-24-9-6-18(15-29-24)20-12-23-28-14-17(2)25(35(23)33-20)30-21-10-11-34(16-26(21,3)4)22-8-7-19(13-27)31-32-22/h6-9,12,14-15,21,30H,5,10-11,16H2,1-4H3. The van der Waals surface area contributed by atoms with Crippen LogP contribution in [0.3, 0.4) is 0 Å². The van der Waals surface area contributed by atoms with Gasteiger partial charge in [0.25, 0.3) is 0 Å². The molecule has 0 aromatic carbocycles. The fraction of sp³-hybridized carbons (Fsp3) is 0.385. The summed E-state index contributed by atoms with van der Waals surface area (Å²) in [6, 6.07) is 11.6. The van der Waals surface area contributed by atoms with E-state index in [4.69, 9.17) is 15.1 Å². The summed E-state index contributed by atoms with van der Waals surface area (Å²) in [7, 11) is 0. The number of hydrogen-bond donors (Lipinski definition) is 1. The van der Waals surface area contributed by atoms with Crippen molar-refractivity contribution >= 4 is 17.3 Å². The first kappa shape index (κ1) is 23.5. The van der Waals surface area contributed by atoms with Crippen LogP contribution in [0.2, 0.25) is 0 Å². The molecule has 0 bridgehead atoms. The largest absolute Gasteiger partial charge is 0.478 e. The summed E-state index contributed by atoms with van der Waals surface area (Å²) in [6.07, 6.45) is 4.57. The van der Waals surface area contributed by atoms with Gasteiger partial charge in [0.05, 0.1) is 12.3 Å². The number of nitriles is 1. The predicted molar refractivity (Wildman–Crippen MR) is 137 cm³/mol. The van der Waals surface area contributed by atoms with Gasteiger partial charge in [-0.1, -0.05) is 13.8 Å². The van der Waals surface area contributed by atoms with Crippen LogP contribution in [0, 0.1) is 23.7 Å². The lowest BCUT2D eigenvalue weighted by Gasteiger charge is -2.45. The van der Waals surface area contributed by atoms with Crippen molar-refractivity contribution in [3.63, 3.8) is 0 Å². The second-order valence-electron chi connectivity index (χ2n) is 9.69. The van der Waals surface area contributed by atoms with Crippen LogP contribution in [-0.2, 0) is 0 Å². The predicted octanol–water partition coefficient (Wildman–Crippen LogP) is 3.88. The van der Waals surface area contributed by atoms with Crippen molar-refractivity contribution in [1.82, 2.24) is 29.8 Å². The molecule has 0 saturated carbocycles. The molecule has 1 N–H and O–H groups in total. The van der Waals surface area contributed by atoms with Crippen molar-refractivity contribution in [2.24, 2.45) is 5.41 Å². The van der Waals surface area contributed by atoms with Crippen molar-refractivity contribution < 1.29 is 4.74 Å². The van der Waals surface area contributed by atoms with Gasteiger partial charge in [-0.05, 0) is 38.5 Å². The molecule has 4 aromatic rings. The molecule has 1 aliphatic heterocycles. The summed E-state index contributed by atoms with van der Waals surface area (Å²) in [5.74, 6) is 2.33. The van der Waals surface area contributed by atoms with Crippen LogP contribution < -0.4 is 15.0 Å². The molecule has 184 valence electrons. The van der Waals surface area contributed by atoms with Crippen molar-refractivity contribution in [1.29, 1.82) is 5.26 Å². The zero-order chi connectivity index (χ0) is 25.3. The molecule has 0 amide bonds. The first-order chi connectivity index (χ1) is 17.4. The van der Waals surface area contributed by atoms with E-state index in [2.05, 4.69) is 44.2 Å². The quantitative estimate of drug-likeness (QED) is 0.436. The molecule has 1 atom stereocenters. The number of hydrogen-bond acceptors (Lipinski definition) is 9. The normalized spacial score (nSPS) is 17.1. The summed E-state index contributed by atoms with van der Waals surface area (Å²) in [5.41, 5.74) is 3.77. The number of pyridine rings is 1. The van der Waals surface area contributed by atoms with E-state index >= 15 is 0 Å². The zero-order valence-electron chi connectivity index (χ0n) is 20.9. The molecule has 1 saturated heterocycles. The highest BCUT2D eigenvalue weighted by atomic mass is 16.5. The van der Waals surface area contributed by atoms with E-state index in [0.717, 1.165) is 53.6 Å². The lowest BCUT2D eigenvalue weighted by atomic mass is 9.79. The van der Waals surface area contributed by atoms with Crippen LogP contribution in [0.5, 0.6) is 5.88 Å². The third-order valence-electron chi connectivity index (χ3n) is 6.62. The van der Waals surface area contributed by atoms with Gasteiger partial charge >= 0.3 is 0 Å². The summed E-state index contributed by atoms with van der Waals surface area (Å²) in [6.45, 7) is 10.7. The van der Waals surface area contributed by atoms with Crippen molar-refractivity contribution in [2.45, 2.75) is 40.2 Å². The fourth-order valence-electron chi connectivity index (χ4n) is 4.64. The van der Waals surface area contributed by atoms with Gasteiger partial charge in [-0.2, -0.15) is 14.9 Å². The average Bonchev–Trinajstić information content (AvgIpc) is 3.32. The maximum atomic E-state index is 9.00. The van der Waals surface area contributed by atoms with Crippen LogP contribution in [0.25, 0.3) is 16.9 Å². The van der Waals surface area contributed by atoms with E-state index in [1.165, 1.54) is 0 Å². The maximum Gasteiger partial charge on any atom is 0.213 e. The van der Waals surface area contributed by atoms with Gasteiger partial charge in [-0.25, -0.2) is 9.97 Å². The number of aromatic nitrogens is 6. The number of aryl methyl sites for hydroxylation is 1. The Bertz CT molecular complexity index is 1400. The molecule has 0 aliphatic carbocycles. The second kappa shape index (κ2) is 9.41. The number of nitrogens with one attached hydrogen (secondary N) is 1. The molecule has 5 heterocycles. The Labute approximate surface area is 210 Å². The Kier molecular flexibility index (Phi) is 6.14. The fourth-order valence-corrected chi connectivity index (χ4v) is 4.64. The van der Waals surface area contributed by atoms with Crippen LogP contribution >= 0.6 is 0 Å². The highest BCUT2D eigenvalue weighted by Gasteiger charge is 2.37. The molecular formula is C26H29N9O. The number of rotatable bonds is 6. The van der Waals surface area contributed by atoms with Crippen LogP contribution in [0.4, 0.5) is 11.6 Å². The minimum atomic E-state index is -0.0646. The van der Waals surface area contributed by atoms with Crippen LogP contribution in [-0.4, -0.2) is 55.5 Å². The summed E-state index contributed by atoms with van der Waals surface area (Å²) in [4.78, 5) is 11.2. The molecular weight excluding hydrogens is 454 g/mol. The molecule has 1 fully saturated rings. The van der Waals surface area contributed by atoms with Gasteiger partial charge < -0.3 is 15.0 Å². The number of anilines is 2. The van der Waals surface area contributed by atoms with Crippen molar-refractivity contribution in [3.8, 4) is 23.2 Å². The first-order valence-electron chi connectivity index (χ1n) is 12.1. The number of nitrogens with zero attached hydrogens (tertiary/aromatic N) is 8. The lowest BCUT2D eigenvalue weighted by molar-refractivity contribution is 0.259. The Hall–Kier alpha value is -4.26. The van der Waals surface area contributed by atoms with Crippen LogP contribution in [0.15, 0.2) is 42.7 Å². The molecule has 36 heavy (non-hydrogen) atoms. The van der Waals surface area contributed by atoms with E-state index in [-0.39, 0.29) is 11.5 Å². The highest BCUT2D eigenvalue weighted by Crippen LogP contribution is 2.34. The Morgan fingerprint density at radius 1 is 1.17 bits per heavy atom. The SMILES string of the molecule is CCOc1ccc(-c2cc3ncc(C)c(NC4CCN(c5ccc(C#N)nn5)CC4(C)C)n3n2)cn1. The van der Waals surface area contributed by atoms with Gasteiger partial charge in [0.15, 0.2) is 17.2 Å². The number of fused-ring (bicyclic) bond motifs is 1. The number of piperidine rings is 1. The monoisotopic (exact) mass is 483 g/mol. The molecule has 0 radical (unpaired) electrons. The molecule has 5 rings (SSSR count).